The first-order valence-corrected chi connectivity index (χ1v) is 8.43. The van der Waals surface area contributed by atoms with Gasteiger partial charge in [0.1, 0.15) is 6.54 Å². The lowest BCUT2D eigenvalue weighted by atomic mass is 10.0. The number of benzene rings is 1. The molecular formula is C18H28N2O3. The zero-order valence-electron chi connectivity index (χ0n) is 13.9. The summed E-state index contributed by atoms with van der Waals surface area (Å²) in [7, 11) is 0. The van der Waals surface area contributed by atoms with Crippen LogP contribution in [0.1, 0.15) is 56.6 Å². The maximum absolute atomic E-state index is 11.4. The van der Waals surface area contributed by atoms with Gasteiger partial charge in [-0.25, -0.2) is 4.79 Å². The minimum absolute atomic E-state index is 0.372. The smallest absolute Gasteiger partial charge is 0.323 e. The van der Waals surface area contributed by atoms with Gasteiger partial charge in [0.2, 0.25) is 0 Å². The maximum Gasteiger partial charge on any atom is 0.323 e. The van der Waals surface area contributed by atoms with E-state index in [0.29, 0.717) is 6.54 Å². The van der Waals surface area contributed by atoms with Crippen LogP contribution in [0.15, 0.2) is 24.3 Å². The van der Waals surface area contributed by atoms with Gasteiger partial charge in [0.15, 0.2) is 0 Å². The van der Waals surface area contributed by atoms with Crippen LogP contribution in [0.5, 0.6) is 0 Å². The Morgan fingerprint density at radius 2 is 1.52 bits per heavy atom. The van der Waals surface area contributed by atoms with Gasteiger partial charge >= 0.3 is 12.0 Å². The van der Waals surface area contributed by atoms with E-state index in [9.17, 15) is 9.59 Å². The summed E-state index contributed by atoms with van der Waals surface area (Å²) in [6.45, 7) is 2.25. The van der Waals surface area contributed by atoms with Gasteiger partial charge in [0.25, 0.3) is 0 Å². The molecule has 0 aliphatic rings. The van der Waals surface area contributed by atoms with Crippen molar-refractivity contribution in [1.29, 1.82) is 0 Å². The van der Waals surface area contributed by atoms with Crippen molar-refractivity contribution < 1.29 is 14.7 Å². The van der Waals surface area contributed by atoms with Crippen LogP contribution in [0.2, 0.25) is 0 Å². The Morgan fingerprint density at radius 3 is 2.17 bits per heavy atom. The Balaban J connectivity index is 2.20. The summed E-state index contributed by atoms with van der Waals surface area (Å²) < 4.78 is 0. The molecule has 0 heterocycles. The van der Waals surface area contributed by atoms with Crippen molar-refractivity contribution in [2.24, 2.45) is 0 Å². The normalized spacial score (nSPS) is 10.3. The molecule has 5 nitrogen and oxygen atoms in total. The third-order valence-electron chi connectivity index (χ3n) is 3.70. The summed E-state index contributed by atoms with van der Waals surface area (Å²) in [4.78, 5) is 21.7. The highest BCUT2D eigenvalue weighted by Crippen LogP contribution is 2.11. The predicted octanol–water partition coefficient (Wildman–Crippen LogP) is 3.47. The van der Waals surface area contributed by atoms with E-state index < -0.39 is 12.0 Å². The van der Waals surface area contributed by atoms with E-state index in [-0.39, 0.29) is 6.54 Å². The number of rotatable bonds is 11. The third kappa shape index (κ3) is 9.55. The number of carboxylic acids is 1. The Labute approximate surface area is 138 Å². The summed E-state index contributed by atoms with van der Waals surface area (Å²) in [5.74, 6) is -1.06. The first kappa shape index (κ1) is 19.0. The number of carboxylic acid groups (broad SMARTS) is 1. The van der Waals surface area contributed by atoms with E-state index in [1.54, 1.807) is 0 Å². The highest BCUT2D eigenvalue weighted by atomic mass is 16.4. The number of unbranched alkanes of at least 4 members (excludes halogenated alkanes) is 5. The van der Waals surface area contributed by atoms with Crippen molar-refractivity contribution in [2.45, 2.75) is 58.4 Å². The van der Waals surface area contributed by atoms with E-state index in [1.807, 2.05) is 12.1 Å². The molecule has 0 aliphatic carbocycles. The minimum atomic E-state index is -1.06. The molecule has 0 saturated carbocycles. The lowest BCUT2D eigenvalue weighted by molar-refractivity contribution is -0.135. The molecule has 128 valence electrons. The molecule has 0 bridgehead atoms. The molecule has 3 N–H and O–H groups in total. The molecule has 0 aliphatic heterocycles. The van der Waals surface area contributed by atoms with Gasteiger partial charge in [-0.1, -0.05) is 63.3 Å². The van der Waals surface area contributed by atoms with Crippen LogP contribution in [0.4, 0.5) is 4.79 Å². The van der Waals surface area contributed by atoms with E-state index in [2.05, 4.69) is 29.7 Å². The number of aryl methyl sites for hydroxylation is 1. The van der Waals surface area contributed by atoms with Crippen LogP contribution >= 0.6 is 0 Å². The number of hydrogen-bond donors (Lipinski definition) is 3. The average Bonchev–Trinajstić information content (AvgIpc) is 2.55. The van der Waals surface area contributed by atoms with Crippen LogP contribution in [-0.4, -0.2) is 23.7 Å². The third-order valence-corrected chi connectivity index (χ3v) is 3.70. The number of hydrogen-bond acceptors (Lipinski definition) is 2. The summed E-state index contributed by atoms with van der Waals surface area (Å²) in [6, 6.07) is 7.73. The lowest BCUT2D eigenvalue weighted by Crippen LogP contribution is -2.37. The van der Waals surface area contributed by atoms with Crippen molar-refractivity contribution in [2.75, 3.05) is 6.54 Å². The topological polar surface area (TPSA) is 78.4 Å². The van der Waals surface area contributed by atoms with Gasteiger partial charge in [-0.05, 0) is 24.0 Å². The molecule has 1 rings (SSSR count). The predicted molar refractivity (Wildman–Crippen MR) is 91.4 cm³/mol. The minimum Gasteiger partial charge on any atom is -0.480 e. The molecular weight excluding hydrogens is 292 g/mol. The van der Waals surface area contributed by atoms with Crippen molar-refractivity contribution >= 4 is 12.0 Å². The van der Waals surface area contributed by atoms with Gasteiger partial charge in [-0.15, -0.1) is 0 Å². The number of carbonyl (C=O) groups is 2. The molecule has 2 amide bonds. The highest BCUT2D eigenvalue weighted by Gasteiger charge is 2.03. The molecule has 0 atom stereocenters. The molecule has 1 aromatic rings. The molecule has 5 heteroatoms. The Morgan fingerprint density at radius 1 is 0.913 bits per heavy atom. The Hall–Kier alpha value is -2.04. The molecule has 0 spiro atoms. The lowest BCUT2D eigenvalue weighted by Gasteiger charge is -2.07. The van der Waals surface area contributed by atoms with E-state index in [4.69, 9.17) is 5.11 Å². The highest BCUT2D eigenvalue weighted by molar-refractivity contribution is 5.79. The second-order valence-electron chi connectivity index (χ2n) is 5.76. The van der Waals surface area contributed by atoms with Crippen molar-refractivity contribution in [3.8, 4) is 0 Å². The van der Waals surface area contributed by atoms with Crippen LogP contribution in [0.25, 0.3) is 0 Å². The van der Waals surface area contributed by atoms with Gasteiger partial charge in [-0.2, -0.15) is 0 Å². The first-order chi connectivity index (χ1) is 11.1. The van der Waals surface area contributed by atoms with E-state index in [0.717, 1.165) is 12.0 Å². The van der Waals surface area contributed by atoms with Crippen LogP contribution in [0, 0.1) is 0 Å². The number of aliphatic carboxylic acids is 1. The van der Waals surface area contributed by atoms with Crippen LogP contribution in [0.3, 0.4) is 0 Å². The Kier molecular flexibility index (Phi) is 9.52. The maximum atomic E-state index is 11.4. The first-order valence-electron chi connectivity index (χ1n) is 8.43. The summed E-state index contributed by atoms with van der Waals surface area (Å²) in [5, 5.41) is 13.4. The van der Waals surface area contributed by atoms with Gasteiger partial charge < -0.3 is 15.7 Å². The molecule has 23 heavy (non-hydrogen) atoms. The fraction of sp³-hybridized carbons (Fsp3) is 0.556. The molecule has 0 saturated heterocycles. The molecule has 0 unspecified atom stereocenters. The number of amides is 2. The molecule has 0 aromatic heterocycles. The number of carbonyl (C=O) groups excluding carboxylic acids is 1. The average molecular weight is 320 g/mol. The summed E-state index contributed by atoms with van der Waals surface area (Å²) in [6.07, 6.45) is 8.88. The second-order valence-corrected chi connectivity index (χ2v) is 5.76. The summed E-state index contributed by atoms with van der Waals surface area (Å²) >= 11 is 0. The van der Waals surface area contributed by atoms with Crippen molar-refractivity contribution in [3.05, 3.63) is 35.4 Å². The molecule has 0 radical (unpaired) electrons. The van der Waals surface area contributed by atoms with Gasteiger partial charge in [0, 0.05) is 6.54 Å². The number of urea groups is 1. The zero-order chi connectivity index (χ0) is 16.9. The SMILES string of the molecule is CCCCCCCCc1ccc(CNC(=O)NCC(=O)O)cc1. The largest absolute Gasteiger partial charge is 0.480 e. The fourth-order valence-corrected chi connectivity index (χ4v) is 2.33. The number of nitrogens with one attached hydrogen (secondary N) is 2. The van der Waals surface area contributed by atoms with Crippen molar-refractivity contribution in [1.82, 2.24) is 10.6 Å². The monoisotopic (exact) mass is 320 g/mol. The zero-order valence-corrected chi connectivity index (χ0v) is 13.9. The quantitative estimate of drug-likeness (QED) is 0.546. The van der Waals surface area contributed by atoms with E-state index in [1.165, 1.54) is 44.1 Å². The molecule has 0 fully saturated rings. The van der Waals surface area contributed by atoms with Crippen molar-refractivity contribution in [3.63, 3.8) is 0 Å². The van der Waals surface area contributed by atoms with Crippen LogP contribution in [-0.2, 0) is 17.8 Å². The standard InChI is InChI=1S/C18H28N2O3/c1-2-3-4-5-6-7-8-15-9-11-16(12-10-15)13-19-18(23)20-14-17(21)22/h9-12H,2-8,13-14H2,1H3,(H,21,22)(H2,19,20,23). The fourth-order valence-electron chi connectivity index (χ4n) is 2.33. The molecule has 1 aromatic carbocycles. The summed E-state index contributed by atoms with van der Waals surface area (Å²) in [5.41, 5.74) is 2.32. The van der Waals surface area contributed by atoms with E-state index >= 15 is 0 Å². The van der Waals surface area contributed by atoms with Crippen LogP contribution < -0.4 is 10.6 Å². The Bertz CT molecular complexity index is 472. The van der Waals surface area contributed by atoms with Gasteiger partial charge in [0.05, 0.1) is 0 Å². The second kappa shape index (κ2) is 11.5. The van der Waals surface area contributed by atoms with Gasteiger partial charge in [-0.3, -0.25) is 4.79 Å².